The second-order valence-corrected chi connectivity index (χ2v) is 7.76. The number of aryl methyl sites for hydroxylation is 1. The van der Waals surface area contributed by atoms with Gasteiger partial charge in [0.05, 0.1) is 6.61 Å². The van der Waals surface area contributed by atoms with Crippen LogP contribution >= 0.6 is 11.6 Å². The van der Waals surface area contributed by atoms with Gasteiger partial charge in [0, 0.05) is 10.6 Å². The number of hydrogen-bond donors (Lipinski definition) is 0. The summed E-state index contributed by atoms with van der Waals surface area (Å²) in [6, 6.07) is 16.8. The normalized spacial score (nSPS) is 14.2. The smallest absolute Gasteiger partial charge is 0.363 e. The van der Waals surface area contributed by atoms with Gasteiger partial charge in [-0.3, -0.25) is 0 Å². The number of rotatable bonds is 7. The fourth-order valence-electron chi connectivity index (χ4n) is 3.16. The Morgan fingerprint density at radius 1 is 1.03 bits per heavy atom. The van der Waals surface area contributed by atoms with E-state index in [1.165, 1.54) is 12.1 Å². The van der Waals surface area contributed by atoms with Crippen LogP contribution in [0.25, 0.3) is 6.08 Å². The highest BCUT2D eigenvalue weighted by molar-refractivity contribution is 6.31. The molecule has 5 nitrogen and oxygen atoms in total. The van der Waals surface area contributed by atoms with E-state index >= 15 is 0 Å². The van der Waals surface area contributed by atoms with Crippen molar-refractivity contribution in [3.63, 3.8) is 0 Å². The Morgan fingerprint density at radius 3 is 2.55 bits per heavy atom. The number of halogens is 2. The Morgan fingerprint density at radius 2 is 1.82 bits per heavy atom. The first-order chi connectivity index (χ1) is 15.9. The largest absolute Gasteiger partial charge is 0.490 e. The lowest BCUT2D eigenvalue weighted by molar-refractivity contribution is -0.129. The molecule has 0 saturated carbocycles. The molecule has 1 heterocycles. The minimum atomic E-state index is -0.545. The van der Waals surface area contributed by atoms with Gasteiger partial charge in [-0.05, 0) is 73.0 Å². The molecule has 0 fully saturated rings. The van der Waals surface area contributed by atoms with Gasteiger partial charge in [0.25, 0.3) is 0 Å². The SMILES string of the molecule is CCOc1cc(/C=C2\N=C(c3ccc(C)c(Cl)c3)OC2=O)ccc1OCc1ccc(F)cc1. The summed E-state index contributed by atoms with van der Waals surface area (Å²) in [5.74, 6) is 0.423. The van der Waals surface area contributed by atoms with Gasteiger partial charge in [0.1, 0.15) is 12.4 Å². The number of cyclic esters (lactones) is 1. The zero-order valence-electron chi connectivity index (χ0n) is 18.1. The van der Waals surface area contributed by atoms with Crippen LogP contribution in [0.3, 0.4) is 0 Å². The highest BCUT2D eigenvalue weighted by atomic mass is 35.5. The highest BCUT2D eigenvalue weighted by Crippen LogP contribution is 2.31. The summed E-state index contributed by atoms with van der Waals surface area (Å²) in [5.41, 5.74) is 3.25. The van der Waals surface area contributed by atoms with Crippen LogP contribution in [0, 0.1) is 12.7 Å². The lowest BCUT2D eigenvalue weighted by atomic mass is 10.1. The lowest BCUT2D eigenvalue weighted by Crippen LogP contribution is -2.05. The number of benzene rings is 3. The highest BCUT2D eigenvalue weighted by Gasteiger charge is 2.24. The first-order valence-corrected chi connectivity index (χ1v) is 10.7. The molecule has 3 aromatic rings. The molecule has 1 aliphatic heterocycles. The topological polar surface area (TPSA) is 57.1 Å². The average Bonchev–Trinajstić information content (AvgIpc) is 3.16. The molecule has 0 saturated heterocycles. The summed E-state index contributed by atoms with van der Waals surface area (Å²) >= 11 is 6.18. The molecule has 0 bridgehead atoms. The molecule has 33 heavy (non-hydrogen) atoms. The Kier molecular flexibility index (Phi) is 6.75. The molecule has 0 N–H and O–H groups in total. The van der Waals surface area contributed by atoms with Gasteiger partial charge in [-0.15, -0.1) is 0 Å². The third-order valence-corrected chi connectivity index (χ3v) is 5.33. The van der Waals surface area contributed by atoms with E-state index < -0.39 is 5.97 Å². The molecule has 4 rings (SSSR count). The monoisotopic (exact) mass is 465 g/mol. The molecule has 168 valence electrons. The van der Waals surface area contributed by atoms with E-state index in [0.29, 0.717) is 34.3 Å². The second kappa shape index (κ2) is 9.88. The van der Waals surface area contributed by atoms with Gasteiger partial charge in [0.15, 0.2) is 17.2 Å². The fourth-order valence-corrected chi connectivity index (χ4v) is 3.34. The van der Waals surface area contributed by atoms with Crippen LogP contribution in [-0.2, 0) is 16.1 Å². The zero-order chi connectivity index (χ0) is 23.4. The van der Waals surface area contributed by atoms with Crippen LogP contribution in [-0.4, -0.2) is 18.5 Å². The van der Waals surface area contributed by atoms with Gasteiger partial charge >= 0.3 is 5.97 Å². The molecule has 0 atom stereocenters. The van der Waals surface area contributed by atoms with E-state index in [-0.39, 0.29) is 24.0 Å². The minimum Gasteiger partial charge on any atom is -0.490 e. The zero-order valence-corrected chi connectivity index (χ0v) is 18.9. The summed E-state index contributed by atoms with van der Waals surface area (Å²) < 4.78 is 30.0. The molecular weight excluding hydrogens is 445 g/mol. The minimum absolute atomic E-state index is 0.170. The molecule has 1 aliphatic rings. The number of ether oxygens (including phenoxy) is 3. The Labute approximate surface area is 196 Å². The van der Waals surface area contributed by atoms with Crippen molar-refractivity contribution in [2.24, 2.45) is 4.99 Å². The van der Waals surface area contributed by atoms with Gasteiger partial charge < -0.3 is 14.2 Å². The summed E-state index contributed by atoms with van der Waals surface area (Å²) in [6.45, 7) is 4.46. The maximum Gasteiger partial charge on any atom is 0.363 e. The van der Waals surface area contributed by atoms with Gasteiger partial charge in [-0.2, -0.15) is 0 Å². The van der Waals surface area contributed by atoms with Crippen molar-refractivity contribution in [3.05, 3.63) is 99.5 Å². The van der Waals surface area contributed by atoms with Crippen LogP contribution in [0.1, 0.15) is 29.2 Å². The third kappa shape index (κ3) is 5.41. The summed E-state index contributed by atoms with van der Waals surface area (Å²) in [5, 5.41) is 0.571. The summed E-state index contributed by atoms with van der Waals surface area (Å²) in [7, 11) is 0. The number of aliphatic imine (C=N–C) groups is 1. The summed E-state index contributed by atoms with van der Waals surface area (Å²) in [6.07, 6.45) is 1.62. The number of carbonyl (C=O) groups excluding carboxylic acids is 1. The third-order valence-electron chi connectivity index (χ3n) is 4.92. The quantitative estimate of drug-likeness (QED) is 0.312. The second-order valence-electron chi connectivity index (χ2n) is 7.35. The molecule has 7 heteroatoms. The van der Waals surface area contributed by atoms with E-state index in [1.54, 1.807) is 48.5 Å². The van der Waals surface area contributed by atoms with Crippen molar-refractivity contribution in [1.82, 2.24) is 0 Å². The Hall–Kier alpha value is -3.64. The fraction of sp³-hybridized carbons (Fsp3) is 0.154. The van der Waals surface area contributed by atoms with Crippen LogP contribution in [0.15, 0.2) is 71.4 Å². The van der Waals surface area contributed by atoms with Crippen molar-refractivity contribution in [3.8, 4) is 11.5 Å². The number of esters is 1. The van der Waals surface area contributed by atoms with Gasteiger partial charge in [-0.25, -0.2) is 14.2 Å². The van der Waals surface area contributed by atoms with Crippen molar-refractivity contribution in [2.75, 3.05) is 6.61 Å². The molecule has 0 spiro atoms. The van der Waals surface area contributed by atoms with E-state index in [1.807, 2.05) is 19.9 Å². The van der Waals surface area contributed by atoms with Crippen LogP contribution < -0.4 is 9.47 Å². The molecule has 0 unspecified atom stereocenters. The number of carbonyl (C=O) groups is 1. The average molecular weight is 466 g/mol. The van der Waals surface area contributed by atoms with Crippen molar-refractivity contribution >= 4 is 29.5 Å². The molecule has 0 amide bonds. The maximum absolute atomic E-state index is 13.1. The molecule has 0 aromatic heterocycles. The first-order valence-electron chi connectivity index (χ1n) is 10.4. The van der Waals surface area contributed by atoms with Crippen LogP contribution in [0.5, 0.6) is 11.5 Å². The Bertz CT molecular complexity index is 1250. The van der Waals surface area contributed by atoms with Crippen LogP contribution in [0.4, 0.5) is 4.39 Å². The molecule has 0 radical (unpaired) electrons. The predicted molar refractivity (Wildman–Crippen MR) is 125 cm³/mol. The van der Waals surface area contributed by atoms with E-state index in [4.69, 9.17) is 25.8 Å². The van der Waals surface area contributed by atoms with Crippen molar-refractivity contribution < 1.29 is 23.4 Å². The number of hydrogen-bond acceptors (Lipinski definition) is 5. The van der Waals surface area contributed by atoms with Crippen LogP contribution in [0.2, 0.25) is 5.02 Å². The predicted octanol–water partition coefficient (Wildman–Crippen LogP) is 6.11. The van der Waals surface area contributed by atoms with Crippen molar-refractivity contribution in [2.45, 2.75) is 20.5 Å². The Balaban J connectivity index is 1.56. The molecular formula is C26H21ClFNO4. The van der Waals surface area contributed by atoms with Crippen molar-refractivity contribution in [1.29, 1.82) is 0 Å². The molecule has 0 aliphatic carbocycles. The van der Waals surface area contributed by atoms with Gasteiger partial charge in [0.2, 0.25) is 5.90 Å². The maximum atomic E-state index is 13.1. The lowest BCUT2D eigenvalue weighted by Gasteiger charge is -2.13. The van der Waals surface area contributed by atoms with E-state index in [2.05, 4.69) is 4.99 Å². The van der Waals surface area contributed by atoms with E-state index in [0.717, 1.165) is 11.1 Å². The molecule has 3 aromatic carbocycles. The summed E-state index contributed by atoms with van der Waals surface area (Å²) in [4.78, 5) is 16.7. The van der Waals surface area contributed by atoms with Gasteiger partial charge in [-0.1, -0.05) is 35.9 Å². The van der Waals surface area contributed by atoms with E-state index in [9.17, 15) is 9.18 Å². The number of nitrogens with zero attached hydrogens (tertiary/aromatic N) is 1. The first kappa shape index (κ1) is 22.6. The standard InChI is InChI=1S/C26H21ClFNO4/c1-3-31-24-13-18(7-11-23(24)32-15-17-5-9-20(28)10-6-17)12-22-26(30)33-25(29-22)19-8-4-16(2)21(27)14-19/h4-14H,3,15H2,1-2H3/b22-12-.